The molecule has 0 spiro atoms. The third kappa shape index (κ3) is 1.90. The van der Waals surface area contributed by atoms with Gasteiger partial charge in [0.05, 0.1) is 0 Å². The van der Waals surface area contributed by atoms with Crippen molar-refractivity contribution >= 4 is 0 Å². The normalized spacial score (nSPS) is 11.4. The van der Waals surface area contributed by atoms with E-state index in [0.717, 1.165) is 0 Å². The Morgan fingerprint density at radius 2 is 1.50 bits per heavy atom. The van der Waals surface area contributed by atoms with Crippen molar-refractivity contribution in [3.63, 3.8) is 0 Å². The Labute approximate surface area is 50.8 Å². The van der Waals surface area contributed by atoms with Gasteiger partial charge in [0.15, 0.2) is 0 Å². The minimum absolute atomic E-state index is 1.61. The maximum absolute atomic E-state index is 11.3. The molecule has 0 amide bonds. The fourth-order valence-electron chi connectivity index (χ4n) is 0.144. The number of hydrogen-bond donors (Lipinski definition) is 0. The van der Waals surface area contributed by atoms with Crippen LogP contribution in [0.1, 0.15) is 0 Å². The summed E-state index contributed by atoms with van der Waals surface area (Å²) in [6, 6.07) is 0. The first kappa shape index (κ1) is 9.28. The Hall–Kier alpha value is -0.720. The molecule has 0 aromatic carbocycles. The largest absolute Gasteiger partial charge is 0.444 e. The zero-order chi connectivity index (χ0) is 8.36. The van der Waals surface area contributed by atoms with Gasteiger partial charge in [-0.1, -0.05) is 0 Å². The van der Waals surface area contributed by atoms with Crippen LogP contribution in [0.15, 0.2) is 11.9 Å². The molecule has 10 heavy (non-hydrogen) atoms. The summed E-state index contributed by atoms with van der Waals surface area (Å²) in [4.78, 5) is 1.61. The van der Waals surface area contributed by atoms with Crippen LogP contribution in [-0.2, 0) is 4.94 Å². The zero-order valence-corrected chi connectivity index (χ0v) is 4.18. The van der Waals surface area contributed by atoms with Crippen LogP contribution in [0.5, 0.6) is 0 Å². The van der Waals surface area contributed by atoms with E-state index < -0.39 is 18.0 Å². The Morgan fingerprint density at radius 1 is 1.10 bits per heavy atom. The minimum atomic E-state index is -5.18. The predicted octanol–water partition coefficient (Wildman–Crippen LogP) is 2.56. The van der Waals surface area contributed by atoms with E-state index in [-0.39, 0.29) is 0 Å². The van der Waals surface area contributed by atoms with Crippen molar-refractivity contribution in [2.24, 2.45) is 0 Å². The van der Waals surface area contributed by atoms with E-state index in [1.165, 1.54) is 0 Å². The van der Waals surface area contributed by atoms with E-state index in [4.69, 9.17) is 0 Å². The second-order valence-corrected chi connectivity index (χ2v) is 1.17. The van der Waals surface area contributed by atoms with Crippen LogP contribution < -0.4 is 0 Å². The molecule has 1 nitrogen and oxygen atoms in total. The maximum Gasteiger partial charge on any atom is 0.444 e. The number of hydrogen-bond acceptors (Lipinski definition) is 1. The van der Waals surface area contributed by atoms with E-state index in [0.29, 0.717) is 0 Å². The molecule has 0 aliphatic heterocycles. The second kappa shape index (κ2) is 2.91. The van der Waals surface area contributed by atoms with Gasteiger partial charge in [0.2, 0.25) is 0 Å². The molecule has 0 aromatic heterocycles. The van der Waals surface area contributed by atoms with Crippen LogP contribution >= 0.6 is 0 Å². The van der Waals surface area contributed by atoms with Gasteiger partial charge in [0.1, 0.15) is 0 Å². The molecule has 0 aliphatic rings. The quantitative estimate of drug-likeness (QED) is 0.572. The van der Waals surface area contributed by atoms with Gasteiger partial charge in [-0.2, -0.15) is 22.0 Å². The summed E-state index contributed by atoms with van der Waals surface area (Å²) < 4.78 is 66.2. The van der Waals surface area contributed by atoms with Crippen LogP contribution in [0, 0.1) is 0 Å². The lowest BCUT2D eigenvalue weighted by atomic mass is 10.5. The van der Waals surface area contributed by atoms with E-state index >= 15 is 0 Å². The van der Waals surface area contributed by atoms with Crippen molar-refractivity contribution in [2.75, 3.05) is 0 Å². The molecule has 0 bridgehead atoms. The van der Waals surface area contributed by atoms with Crippen molar-refractivity contribution in [3.05, 3.63) is 11.9 Å². The summed E-state index contributed by atoms with van der Waals surface area (Å²) in [6.45, 7) is 0. The Bertz CT molecular complexity index is 147. The van der Waals surface area contributed by atoms with Crippen LogP contribution in [0.2, 0.25) is 0 Å². The van der Waals surface area contributed by atoms with Gasteiger partial charge >= 0.3 is 12.2 Å². The van der Waals surface area contributed by atoms with Gasteiger partial charge in [-0.25, -0.2) is 0 Å². The summed E-state index contributed by atoms with van der Waals surface area (Å²) in [7, 11) is 0. The van der Waals surface area contributed by atoms with Gasteiger partial charge in [0.25, 0.3) is 5.83 Å². The summed E-state index contributed by atoms with van der Waals surface area (Å²) in [5.74, 6) is -3.23. The van der Waals surface area contributed by atoms with E-state index in [1.807, 2.05) is 0 Å². The summed E-state index contributed by atoms with van der Waals surface area (Å²) in [6.07, 6.45) is -8.50. The van der Waals surface area contributed by atoms with E-state index in [9.17, 15) is 26.5 Å². The highest BCUT2D eigenvalue weighted by Crippen LogP contribution is 2.30. The highest BCUT2D eigenvalue weighted by atomic mass is 19.4. The molecule has 0 unspecified atom stereocenters. The first-order valence-corrected chi connectivity index (χ1v) is 1.80. The Morgan fingerprint density at radius 3 is 1.60 bits per heavy atom. The predicted molar refractivity (Wildman–Crippen MR) is 17.5 cm³/mol. The van der Waals surface area contributed by atoms with Gasteiger partial charge in [-0.15, -0.1) is 4.94 Å². The van der Waals surface area contributed by atoms with Crippen molar-refractivity contribution in [1.82, 2.24) is 0 Å². The molecular formula is C3F6O. The van der Waals surface area contributed by atoms with E-state index in [2.05, 4.69) is 0 Å². The SMILES string of the molecule is FOC(F)(F)C(F)=C(F)F. The van der Waals surface area contributed by atoms with Crippen LogP contribution in [0.25, 0.3) is 0 Å². The lowest BCUT2D eigenvalue weighted by Crippen LogP contribution is -2.17. The molecule has 0 heterocycles. The highest BCUT2D eigenvalue weighted by Gasteiger charge is 2.42. The smallest absolute Gasteiger partial charge is 0.196 e. The minimum Gasteiger partial charge on any atom is -0.196 e. The molecule has 0 fully saturated rings. The van der Waals surface area contributed by atoms with Gasteiger partial charge in [-0.3, -0.25) is 0 Å². The summed E-state index contributed by atoms with van der Waals surface area (Å²) >= 11 is 0. The molecule has 0 rings (SSSR count). The number of rotatable bonds is 2. The third-order valence-electron chi connectivity index (χ3n) is 0.518. The monoisotopic (exact) mass is 166 g/mol. The fraction of sp³-hybridized carbons (Fsp3) is 0.333. The number of halogens is 6. The molecule has 0 radical (unpaired) electrons. The molecule has 0 saturated heterocycles. The first-order valence-electron chi connectivity index (χ1n) is 1.80. The Kier molecular flexibility index (Phi) is 2.70. The molecule has 0 aromatic rings. The lowest BCUT2D eigenvalue weighted by Gasteiger charge is -2.04. The molecule has 0 saturated carbocycles. The average Bonchev–Trinajstić information content (AvgIpc) is 1.86. The molecule has 0 N–H and O–H groups in total. The summed E-state index contributed by atoms with van der Waals surface area (Å²) in [5, 5.41) is 0. The number of alkyl halides is 2. The van der Waals surface area contributed by atoms with Crippen molar-refractivity contribution < 1.29 is 31.4 Å². The molecular weight excluding hydrogens is 166 g/mol. The first-order chi connectivity index (χ1) is 4.41. The van der Waals surface area contributed by atoms with Gasteiger partial charge in [0, 0.05) is 0 Å². The van der Waals surface area contributed by atoms with Crippen molar-refractivity contribution in [2.45, 2.75) is 6.11 Å². The molecule has 0 aliphatic carbocycles. The molecule has 60 valence electrons. The summed E-state index contributed by atoms with van der Waals surface area (Å²) in [5.41, 5.74) is 0. The molecule has 0 atom stereocenters. The van der Waals surface area contributed by atoms with Gasteiger partial charge in [-0.05, 0) is 4.53 Å². The topological polar surface area (TPSA) is 9.23 Å². The van der Waals surface area contributed by atoms with Crippen molar-refractivity contribution in [1.29, 1.82) is 0 Å². The maximum atomic E-state index is 11.3. The van der Waals surface area contributed by atoms with Crippen LogP contribution in [0.4, 0.5) is 26.5 Å². The average molecular weight is 166 g/mol. The standard InChI is InChI=1S/C3F6O/c4-1(2(5)6)3(7,8)10-9. The lowest BCUT2D eigenvalue weighted by molar-refractivity contribution is -0.341. The van der Waals surface area contributed by atoms with Gasteiger partial charge < -0.3 is 0 Å². The van der Waals surface area contributed by atoms with E-state index in [1.54, 1.807) is 4.94 Å². The molecule has 7 heteroatoms. The fourth-order valence-corrected chi connectivity index (χ4v) is 0.144. The van der Waals surface area contributed by atoms with Crippen LogP contribution in [-0.4, -0.2) is 6.11 Å². The third-order valence-corrected chi connectivity index (χ3v) is 0.518. The van der Waals surface area contributed by atoms with Crippen molar-refractivity contribution in [3.8, 4) is 0 Å². The highest BCUT2D eigenvalue weighted by molar-refractivity contribution is 4.98. The second-order valence-electron chi connectivity index (χ2n) is 1.17. The Balaban J connectivity index is 4.49. The van der Waals surface area contributed by atoms with Crippen LogP contribution in [0.3, 0.4) is 0 Å². The zero-order valence-electron chi connectivity index (χ0n) is 4.18.